The van der Waals surface area contributed by atoms with E-state index in [0.717, 1.165) is 28.2 Å². The highest BCUT2D eigenvalue weighted by Crippen LogP contribution is 2.31. The van der Waals surface area contributed by atoms with Gasteiger partial charge >= 0.3 is 6.18 Å². The van der Waals surface area contributed by atoms with Gasteiger partial charge in [-0.1, -0.05) is 29.8 Å². The SMILES string of the molecule is Cc1ccc(CCN2CC(C(N)=O)=CC=C2C(F)(F)F)cc1. The molecule has 6 heteroatoms. The number of nitrogens with two attached hydrogens (primary N) is 1. The van der Waals surface area contributed by atoms with E-state index in [1.54, 1.807) is 0 Å². The summed E-state index contributed by atoms with van der Waals surface area (Å²) in [6.07, 6.45) is -1.93. The van der Waals surface area contributed by atoms with Crippen LogP contribution in [0, 0.1) is 6.92 Å². The largest absolute Gasteiger partial charge is 0.431 e. The van der Waals surface area contributed by atoms with Crippen LogP contribution in [-0.2, 0) is 11.2 Å². The third-order valence-corrected chi connectivity index (χ3v) is 3.54. The van der Waals surface area contributed by atoms with Crippen LogP contribution in [0.3, 0.4) is 0 Å². The van der Waals surface area contributed by atoms with Crippen LogP contribution in [0.5, 0.6) is 0 Å². The van der Waals surface area contributed by atoms with Gasteiger partial charge in [0.2, 0.25) is 5.91 Å². The first-order valence-electron chi connectivity index (χ1n) is 6.85. The molecule has 2 rings (SSSR count). The van der Waals surface area contributed by atoms with Crippen molar-refractivity contribution in [1.29, 1.82) is 0 Å². The van der Waals surface area contributed by atoms with Gasteiger partial charge < -0.3 is 10.6 Å². The van der Waals surface area contributed by atoms with E-state index in [0.29, 0.717) is 6.42 Å². The van der Waals surface area contributed by atoms with Crippen LogP contribution in [0.15, 0.2) is 47.7 Å². The first-order valence-corrected chi connectivity index (χ1v) is 6.85. The zero-order chi connectivity index (χ0) is 16.3. The Hall–Kier alpha value is -2.24. The van der Waals surface area contributed by atoms with Crippen LogP contribution in [0.2, 0.25) is 0 Å². The summed E-state index contributed by atoms with van der Waals surface area (Å²) in [6.45, 7) is 1.99. The molecule has 0 fully saturated rings. The summed E-state index contributed by atoms with van der Waals surface area (Å²) in [5, 5.41) is 0. The molecule has 0 unspecified atom stereocenters. The van der Waals surface area contributed by atoms with Crippen LogP contribution in [0.4, 0.5) is 13.2 Å². The molecule has 0 aliphatic carbocycles. The number of hydrogen-bond acceptors (Lipinski definition) is 2. The number of allylic oxidation sites excluding steroid dienone is 3. The molecule has 1 aromatic carbocycles. The minimum atomic E-state index is -4.45. The van der Waals surface area contributed by atoms with E-state index in [9.17, 15) is 18.0 Å². The number of carbonyl (C=O) groups excluding carboxylic acids is 1. The topological polar surface area (TPSA) is 46.3 Å². The molecule has 1 amide bonds. The smallest absolute Gasteiger partial charge is 0.366 e. The molecule has 0 spiro atoms. The molecule has 3 nitrogen and oxygen atoms in total. The Morgan fingerprint density at radius 3 is 2.41 bits per heavy atom. The Balaban J connectivity index is 2.13. The molecule has 0 atom stereocenters. The Kier molecular flexibility index (Phi) is 4.59. The number of nitrogens with zero attached hydrogens (tertiary/aromatic N) is 1. The Morgan fingerprint density at radius 2 is 1.86 bits per heavy atom. The summed E-state index contributed by atoms with van der Waals surface area (Å²) in [7, 11) is 0. The molecule has 1 heterocycles. The number of amides is 1. The molecular formula is C16H17F3N2O. The van der Waals surface area contributed by atoms with Crippen LogP contribution < -0.4 is 5.73 Å². The van der Waals surface area contributed by atoms with Gasteiger partial charge in [0.15, 0.2) is 0 Å². The van der Waals surface area contributed by atoms with Gasteiger partial charge in [-0.15, -0.1) is 0 Å². The molecule has 0 aromatic heterocycles. The monoisotopic (exact) mass is 310 g/mol. The van der Waals surface area contributed by atoms with Crippen molar-refractivity contribution in [2.75, 3.05) is 13.1 Å². The molecule has 0 saturated heterocycles. The zero-order valence-corrected chi connectivity index (χ0v) is 12.2. The van der Waals surface area contributed by atoms with Gasteiger partial charge in [-0.05, 0) is 31.1 Å². The van der Waals surface area contributed by atoms with Gasteiger partial charge in [-0.25, -0.2) is 0 Å². The maximum absolute atomic E-state index is 13.0. The second-order valence-electron chi connectivity index (χ2n) is 5.26. The lowest BCUT2D eigenvalue weighted by Gasteiger charge is -2.31. The number of carbonyl (C=O) groups is 1. The minimum Gasteiger partial charge on any atom is -0.366 e. The van der Waals surface area contributed by atoms with Crippen LogP contribution >= 0.6 is 0 Å². The minimum absolute atomic E-state index is 0.119. The van der Waals surface area contributed by atoms with E-state index < -0.39 is 17.8 Å². The highest BCUT2D eigenvalue weighted by atomic mass is 19.4. The fourth-order valence-electron chi connectivity index (χ4n) is 2.28. The van der Waals surface area contributed by atoms with E-state index in [-0.39, 0.29) is 18.7 Å². The average molecular weight is 310 g/mol. The number of primary amides is 1. The van der Waals surface area contributed by atoms with Crippen molar-refractivity contribution in [2.45, 2.75) is 19.5 Å². The summed E-state index contributed by atoms with van der Waals surface area (Å²) >= 11 is 0. The molecule has 22 heavy (non-hydrogen) atoms. The summed E-state index contributed by atoms with van der Waals surface area (Å²) in [5.41, 5.74) is 6.64. The van der Waals surface area contributed by atoms with Crippen molar-refractivity contribution >= 4 is 5.91 Å². The number of alkyl halides is 3. The number of rotatable bonds is 4. The third-order valence-electron chi connectivity index (χ3n) is 3.54. The van der Waals surface area contributed by atoms with E-state index in [2.05, 4.69) is 0 Å². The van der Waals surface area contributed by atoms with Gasteiger partial charge in [-0.3, -0.25) is 4.79 Å². The standard InChI is InChI=1S/C16H17F3N2O/c1-11-2-4-12(5-3-11)8-9-21-10-13(15(20)22)6-7-14(21)16(17,18)19/h2-7H,8-10H2,1H3,(H2,20,22). The van der Waals surface area contributed by atoms with Gasteiger partial charge in [-0.2, -0.15) is 13.2 Å². The number of hydrogen-bond donors (Lipinski definition) is 1. The molecule has 2 N–H and O–H groups in total. The van der Waals surface area contributed by atoms with Crippen LogP contribution in [0.25, 0.3) is 0 Å². The van der Waals surface area contributed by atoms with Crippen molar-refractivity contribution in [3.63, 3.8) is 0 Å². The molecule has 1 aliphatic heterocycles. The van der Waals surface area contributed by atoms with Crippen molar-refractivity contribution in [3.05, 3.63) is 58.8 Å². The quantitative estimate of drug-likeness (QED) is 0.929. The van der Waals surface area contributed by atoms with E-state index in [4.69, 9.17) is 5.73 Å². The zero-order valence-electron chi connectivity index (χ0n) is 12.2. The van der Waals surface area contributed by atoms with Crippen molar-refractivity contribution < 1.29 is 18.0 Å². The lowest BCUT2D eigenvalue weighted by molar-refractivity contribution is -0.117. The fourth-order valence-corrected chi connectivity index (χ4v) is 2.28. The predicted octanol–water partition coefficient (Wildman–Crippen LogP) is 2.71. The van der Waals surface area contributed by atoms with E-state index >= 15 is 0 Å². The predicted molar refractivity (Wildman–Crippen MR) is 77.9 cm³/mol. The summed E-state index contributed by atoms with van der Waals surface area (Å²) < 4.78 is 39.1. The lowest BCUT2D eigenvalue weighted by Crippen LogP contribution is -2.38. The number of halogens is 3. The van der Waals surface area contributed by atoms with Gasteiger partial charge in [0.05, 0.1) is 0 Å². The summed E-state index contributed by atoms with van der Waals surface area (Å²) in [5.74, 6) is -0.696. The van der Waals surface area contributed by atoms with E-state index in [1.807, 2.05) is 31.2 Å². The molecule has 118 valence electrons. The van der Waals surface area contributed by atoms with Crippen molar-refractivity contribution in [2.24, 2.45) is 5.73 Å². The molecule has 0 radical (unpaired) electrons. The maximum atomic E-state index is 13.0. The van der Waals surface area contributed by atoms with Crippen LogP contribution in [0.1, 0.15) is 11.1 Å². The average Bonchev–Trinajstić information content (AvgIpc) is 2.45. The Bertz CT molecular complexity index is 615. The van der Waals surface area contributed by atoms with Gasteiger partial charge in [0.1, 0.15) is 5.70 Å². The second kappa shape index (κ2) is 6.25. The van der Waals surface area contributed by atoms with Crippen molar-refractivity contribution in [1.82, 2.24) is 4.90 Å². The third kappa shape index (κ3) is 3.90. The summed E-state index contributed by atoms with van der Waals surface area (Å²) in [4.78, 5) is 12.3. The maximum Gasteiger partial charge on any atom is 0.431 e. The Labute approximate surface area is 126 Å². The lowest BCUT2D eigenvalue weighted by atomic mass is 10.1. The molecule has 0 bridgehead atoms. The normalized spacial score (nSPS) is 15.4. The fraction of sp³-hybridized carbons (Fsp3) is 0.312. The number of aryl methyl sites for hydroxylation is 1. The van der Waals surface area contributed by atoms with Crippen LogP contribution in [-0.4, -0.2) is 30.1 Å². The Morgan fingerprint density at radius 1 is 1.23 bits per heavy atom. The molecule has 1 aromatic rings. The van der Waals surface area contributed by atoms with E-state index in [1.165, 1.54) is 0 Å². The van der Waals surface area contributed by atoms with Gasteiger partial charge in [0.25, 0.3) is 0 Å². The van der Waals surface area contributed by atoms with Gasteiger partial charge in [0, 0.05) is 18.7 Å². The summed E-state index contributed by atoms with van der Waals surface area (Å²) in [6, 6.07) is 7.61. The first kappa shape index (κ1) is 16.1. The highest BCUT2D eigenvalue weighted by molar-refractivity contribution is 5.93. The second-order valence-corrected chi connectivity index (χ2v) is 5.26. The van der Waals surface area contributed by atoms with Crippen molar-refractivity contribution in [3.8, 4) is 0 Å². The molecule has 0 saturated carbocycles. The number of benzene rings is 1. The highest BCUT2D eigenvalue weighted by Gasteiger charge is 2.38. The first-order chi connectivity index (χ1) is 10.3. The molecule has 1 aliphatic rings. The molecular weight excluding hydrogens is 293 g/mol.